The summed E-state index contributed by atoms with van der Waals surface area (Å²) in [6.45, 7) is 8.16. The van der Waals surface area contributed by atoms with Crippen molar-refractivity contribution in [3.05, 3.63) is 94.8 Å². The molecule has 0 radical (unpaired) electrons. The number of nitrogens with one attached hydrogen (secondary N) is 1. The minimum Gasteiger partial charge on any atom is -0.493 e. The van der Waals surface area contributed by atoms with Gasteiger partial charge in [0.1, 0.15) is 11.6 Å². The Morgan fingerprint density at radius 2 is 1.67 bits per heavy atom. The van der Waals surface area contributed by atoms with Crippen molar-refractivity contribution >= 4 is 16.9 Å². The highest BCUT2D eigenvalue weighted by Crippen LogP contribution is 2.23. The monoisotopic (exact) mass is 441 g/mol. The number of fused-ring (bicyclic) bond motifs is 1. The fourth-order valence-electron chi connectivity index (χ4n) is 4.08. The number of amides is 1. The Bertz CT molecular complexity index is 1220. The molecule has 0 aliphatic rings. The van der Waals surface area contributed by atoms with Crippen LogP contribution in [0.5, 0.6) is 5.75 Å². The van der Waals surface area contributed by atoms with Crippen LogP contribution in [0.25, 0.3) is 11.0 Å². The number of aromatic nitrogens is 2. The summed E-state index contributed by atoms with van der Waals surface area (Å²) in [5.41, 5.74) is 6.23. The summed E-state index contributed by atoms with van der Waals surface area (Å²) in [5, 5.41) is 3.02. The van der Waals surface area contributed by atoms with Crippen LogP contribution in [0, 0.1) is 20.8 Å². The largest absolute Gasteiger partial charge is 0.493 e. The molecular weight excluding hydrogens is 410 g/mol. The molecule has 170 valence electrons. The Hall–Kier alpha value is -3.60. The molecule has 1 N–H and O–H groups in total. The molecule has 0 unspecified atom stereocenters. The van der Waals surface area contributed by atoms with Gasteiger partial charge >= 0.3 is 0 Å². The Morgan fingerprint density at radius 3 is 2.42 bits per heavy atom. The number of carbonyl (C=O) groups excluding carboxylic acids is 1. The van der Waals surface area contributed by atoms with Gasteiger partial charge in [0.15, 0.2) is 0 Å². The SMILES string of the molecule is Cc1ccc(C(=O)NCCc2nc3ccccc3n2CCCOc2c(C)cccc2C)cc1. The molecule has 0 saturated carbocycles. The molecule has 0 saturated heterocycles. The van der Waals surface area contributed by atoms with Crippen LogP contribution in [0.15, 0.2) is 66.7 Å². The lowest BCUT2D eigenvalue weighted by Crippen LogP contribution is -2.26. The maximum absolute atomic E-state index is 12.4. The van der Waals surface area contributed by atoms with Gasteiger partial charge in [-0.2, -0.15) is 0 Å². The molecule has 0 fully saturated rings. The van der Waals surface area contributed by atoms with Crippen LogP contribution in [0.2, 0.25) is 0 Å². The van der Waals surface area contributed by atoms with Crippen molar-refractivity contribution in [1.29, 1.82) is 0 Å². The van der Waals surface area contributed by atoms with Gasteiger partial charge in [-0.05, 0) is 62.6 Å². The van der Waals surface area contributed by atoms with Gasteiger partial charge in [0.25, 0.3) is 5.91 Å². The fraction of sp³-hybridized carbons (Fsp3) is 0.286. The third-order valence-electron chi connectivity index (χ3n) is 5.86. The summed E-state index contributed by atoms with van der Waals surface area (Å²) >= 11 is 0. The Morgan fingerprint density at radius 1 is 0.939 bits per heavy atom. The molecule has 4 aromatic rings. The smallest absolute Gasteiger partial charge is 0.251 e. The highest BCUT2D eigenvalue weighted by molar-refractivity contribution is 5.94. The van der Waals surface area contributed by atoms with E-state index in [4.69, 9.17) is 9.72 Å². The number of rotatable bonds is 9. The standard InChI is InChI=1S/C28H31N3O2/c1-20-12-14-23(15-13-20)28(32)29-17-16-26-30-24-10-4-5-11-25(24)31(26)18-7-19-33-27-21(2)8-6-9-22(27)3/h4-6,8-15H,7,16-19H2,1-3H3,(H,29,32). The van der Waals surface area contributed by atoms with E-state index in [9.17, 15) is 4.79 Å². The summed E-state index contributed by atoms with van der Waals surface area (Å²) in [4.78, 5) is 17.3. The summed E-state index contributed by atoms with van der Waals surface area (Å²) < 4.78 is 8.35. The molecule has 1 aromatic heterocycles. The van der Waals surface area contributed by atoms with Gasteiger partial charge in [0.2, 0.25) is 0 Å². The van der Waals surface area contributed by atoms with Crippen LogP contribution >= 0.6 is 0 Å². The third-order valence-corrected chi connectivity index (χ3v) is 5.86. The summed E-state index contributed by atoms with van der Waals surface area (Å²) in [5.74, 6) is 1.90. The molecule has 3 aromatic carbocycles. The predicted octanol–water partition coefficient (Wildman–Crippen LogP) is 5.40. The van der Waals surface area contributed by atoms with E-state index in [1.54, 1.807) is 0 Å². The van der Waals surface area contributed by atoms with Crippen molar-refractivity contribution in [2.24, 2.45) is 0 Å². The molecule has 5 nitrogen and oxygen atoms in total. The lowest BCUT2D eigenvalue weighted by Gasteiger charge is -2.13. The Kier molecular flexibility index (Phi) is 7.08. The second-order valence-electron chi connectivity index (χ2n) is 8.46. The van der Waals surface area contributed by atoms with Crippen molar-refractivity contribution in [1.82, 2.24) is 14.9 Å². The molecular formula is C28H31N3O2. The average Bonchev–Trinajstić information content (AvgIpc) is 3.16. The van der Waals surface area contributed by atoms with Crippen LogP contribution in [0.4, 0.5) is 0 Å². The quantitative estimate of drug-likeness (QED) is 0.354. The highest BCUT2D eigenvalue weighted by atomic mass is 16.5. The first kappa shape index (κ1) is 22.6. The lowest BCUT2D eigenvalue weighted by molar-refractivity contribution is 0.0954. The number of benzene rings is 3. The normalized spacial score (nSPS) is 11.0. The fourth-order valence-corrected chi connectivity index (χ4v) is 4.08. The molecule has 1 amide bonds. The van der Waals surface area contributed by atoms with Gasteiger partial charge in [0.05, 0.1) is 17.6 Å². The van der Waals surface area contributed by atoms with Crippen molar-refractivity contribution < 1.29 is 9.53 Å². The van der Waals surface area contributed by atoms with E-state index in [0.717, 1.165) is 52.3 Å². The van der Waals surface area contributed by atoms with Crippen molar-refractivity contribution in [3.63, 3.8) is 0 Å². The molecule has 5 heteroatoms. The molecule has 1 heterocycles. The number of aryl methyl sites for hydroxylation is 4. The molecule has 0 aliphatic carbocycles. The van der Waals surface area contributed by atoms with Gasteiger partial charge in [0, 0.05) is 25.1 Å². The van der Waals surface area contributed by atoms with E-state index in [1.165, 1.54) is 0 Å². The van der Waals surface area contributed by atoms with E-state index >= 15 is 0 Å². The summed E-state index contributed by atoms with van der Waals surface area (Å²) in [6.07, 6.45) is 1.54. The number of ether oxygens (including phenoxy) is 1. The molecule has 0 aliphatic heterocycles. The first-order valence-electron chi connectivity index (χ1n) is 11.5. The van der Waals surface area contributed by atoms with Crippen molar-refractivity contribution in [2.75, 3.05) is 13.2 Å². The highest BCUT2D eigenvalue weighted by Gasteiger charge is 2.12. The Balaban J connectivity index is 1.39. The zero-order chi connectivity index (χ0) is 23.2. The second-order valence-corrected chi connectivity index (χ2v) is 8.46. The first-order chi connectivity index (χ1) is 16.0. The number of imidazole rings is 1. The minimum absolute atomic E-state index is 0.0559. The number of carbonyl (C=O) groups is 1. The molecule has 0 spiro atoms. The van der Waals surface area contributed by atoms with Gasteiger partial charge < -0.3 is 14.6 Å². The Labute approximate surface area is 195 Å². The predicted molar refractivity (Wildman–Crippen MR) is 133 cm³/mol. The van der Waals surface area contributed by atoms with Crippen molar-refractivity contribution in [3.8, 4) is 5.75 Å². The van der Waals surface area contributed by atoms with E-state index in [2.05, 4.69) is 48.0 Å². The first-order valence-corrected chi connectivity index (χ1v) is 11.5. The van der Waals surface area contributed by atoms with E-state index in [-0.39, 0.29) is 5.91 Å². The average molecular weight is 442 g/mol. The number of para-hydroxylation sites is 3. The van der Waals surface area contributed by atoms with E-state index in [1.807, 2.05) is 49.4 Å². The maximum atomic E-state index is 12.4. The lowest BCUT2D eigenvalue weighted by atomic mass is 10.1. The van der Waals surface area contributed by atoms with Gasteiger partial charge in [-0.3, -0.25) is 4.79 Å². The molecule has 33 heavy (non-hydrogen) atoms. The molecule has 0 bridgehead atoms. The van der Waals surface area contributed by atoms with Gasteiger partial charge in [-0.1, -0.05) is 48.0 Å². The maximum Gasteiger partial charge on any atom is 0.251 e. The third kappa shape index (κ3) is 5.43. The van der Waals surface area contributed by atoms with E-state index in [0.29, 0.717) is 25.1 Å². The van der Waals surface area contributed by atoms with Crippen LogP contribution < -0.4 is 10.1 Å². The minimum atomic E-state index is -0.0559. The number of hydrogen-bond donors (Lipinski definition) is 1. The molecule has 4 rings (SSSR count). The number of nitrogens with zero attached hydrogens (tertiary/aromatic N) is 2. The van der Waals surface area contributed by atoms with Crippen LogP contribution in [0.3, 0.4) is 0 Å². The molecule has 0 atom stereocenters. The van der Waals surface area contributed by atoms with Crippen molar-refractivity contribution in [2.45, 2.75) is 40.2 Å². The van der Waals surface area contributed by atoms with Gasteiger partial charge in [-0.25, -0.2) is 4.98 Å². The van der Waals surface area contributed by atoms with E-state index < -0.39 is 0 Å². The topological polar surface area (TPSA) is 56.2 Å². The van der Waals surface area contributed by atoms with Crippen LogP contribution in [0.1, 0.15) is 39.3 Å². The van der Waals surface area contributed by atoms with Crippen LogP contribution in [-0.2, 0) is 13.0 Å². The summed E-state index contributed by atoms with van der Waals surface area (Å²) in [7, 11) is 0. The van der Waals surface area contributed by atoms with Crippen LogP contribution in [-0.4, -0.2) is 28.6 Å². The number of hydrogen-bond acceptors (Lipinski definition) is 3. The van der Waals surface area contributed by atoms with Gasteiger partial charge in [-0.15, -0.1) is 0 Å². The summed E-state index contributed by atoms with van der Waals surface area (Å²) in [6, 6.07) is 22.0. The zero-order valence-electron chi connectivity index (χ0n) is 19.6. The zero-order valence-corrected chi connectivity index (χ0v) is 19.6. The second kappa shape index (κ2) is 10.3.